The molecule has 9 heteroatoms. The molecule has 0 amide bonds. The van der Waals surface area contributed by atoms with Crippen molar-refractivity contribution in [1.29, 1.82) is 0 Å². The van der Waals surface area contributed by atoms with Gasteiger partial charge in [0.25, 0.3) is 15.7 Å². The van der Waals surface area contributed by atoms with Crippen molar-refractivity contribution < 1.29 is 13.3 Å². The van der Waals surface area contributed by atoms with Gasteiger partial charge in [0.05, 0.1) is 20.4 Å². The van der Waals surface area contributed by atoms with Gasteiger partial charge in [0.2, 0.25) is 0 Å². The van der Waals surface area contributed by atoms with Gasteiger partial charge in [-0.2, -0.15) is 18.4 Å². The molecule has 1 aromatic heterocycles. The van der Waals surface area contributed by atoms with Crippen molar-refractivity contribution in [1.82, 2.24) is 4.83 Å². The summed E-state index contributed by atoms with van der Waals surface area (Å²) in [5.41, 5.74) is 0.665. The number of hydrogen-bond acceptors (Lipinski definition) is 6. The predicted molar refractivity (Wildman–Crippen MR) is 89.4 cm³/mol. The average Bonchev–Trinajstić information content (AvgIpc) is 2.91. The molecular weight excluding hydrogens is 338 g/mol. The van der Waals surface area contributed by atoms with Crippen molar-refractivity contribution in [3.05, 3.63) is 55.8 Å². The number of aryl methyl sites for hydroxylation is 2. The highest BCUT2D eigenvalue weighted by Crippen LogP contribution is 2.22. The Morgan fingerprint density at radius 3 is 2.52 bits per heavy atom. The highest BCUT2D eigenvalue weighted by molar-refractivity contribution is 7.89. The van der Waals surface area contributed by atoms with E-state index in [9.17, 15) is 18.5 Å². The van der Waals surface area contributed by atoms with Crippen LogP contribution in [-0.2, 0) is 10.0 Å². The van der Waals surface area contributed by atoms with Crippen LogP contribution in [0.1, 0.15) is 22.2 Å². The van der Waals surface area contributed by atoms with Crippen LogP contribution in [-0.4, -0.2) is 19.1 Å². The molecule has 0 saturated heterocycles. The van der Waals surface area contributed by atoms with Crippen LogP contribution < -0.4 is 4.83 Å². The maximum Gasteiger partial charge on any atom is 0.276 e. The van der Waals surface area contributed by atoms with Crippen molar-refractivity contribution in [2.24, 2.45) is 5.10 Å². The minimum absolute atomic E-state index is 0.200. The fourth-order valence-electron chi connectivity index (χ4n) is 1.82. The molecule has 0 saturated carbocycles. The van der Waals surface area contributed by atoms with E-state index < -0.39 is 14.9 Å². The molecule has 1 aromatic carbocycles. The van der Waals surface area contributed by atoms with Gasteiger partial charge < -0.3 is 0 Å². The van der Waals surface area contributed by atoms with E-state index in [1.165, 1.54) is 23.5 Å². The lowest BCUT2D eigenvalue weighted by Gasteiger charge is -2.05. The van der Waals surface area contributed by atoms with Crippen molar-refractivity contribution in [3.63, 3.8) is 0 Å². The molecule has 2 aromatic rings. The first-order valence-electron chi connectivity index (χ1n) is 6.58. The number of hydrogen-bond donors (Lipinski definition) is 1. The Morgan fingerprint density at radius 1 is 1.26 bits per heavy atom. The third-order valence-electron chi connectivity index (χ3n) is 3.12. The van der Waals surface area contributed by atoms with E-state index in [-0.39, 0.29) is 10.6 Å². The number of sulfonamides is 1. The SMILES string of the molecule is C/C(=N/NS(=O)(=O)c1ccc(C)c([N+](=O)[O-])c1)c1ccc(C)s1. The standard InChI is InChI=1S/C14H15N3O4S2/c1-9-4-6-12(8-13(9)17(18)19)23(20,21)16-15-11(3)14-7-5-10(2)22-14/h4-8,16H,1-3H3/b15-11-. The van der Waals surface area contributed by atoms with Gasteiger partial charge in [-0.3, -0.25) is 10.1 Å². The van der Waals surface area contributed by atoms with Gasteiger partial charge in [0.15, 0.2) is 0 Å². The summed E-state index contributed by atoms with van der Waals surface area (Å²) in [4.78, 5) is 14.2. The number of thiophene rings is 1. The first-order valence-corrected chi connectivity index (χ1v) is 8.88. The largest absolute Gasteiger partial charge is 0.276 e. The maximum atomic E-state index is 12.2. The minimum Gasteiger partial charge on any atom is -0.258 e. The van der Waals surface area contributed by atoms with Crippen LogP contribution in [0.15, 0.2) is 40.3 Å². The monoisotopic (exact) mass is 353 g/mol. The van der Waals surface area contributed by atoms with Crippen LogP contribution in [0.2, 0.25) is 0 Å². The van der Waals surface area contributed by atoms with Gasteiger partial charge in [0, 0.05) is 16.5 Å². The summed E-state index contributed by atoms with van der Waals surface area (Å²) in [5, 5.41) is 14.8. The molecular formula is C14H15N3O4S2. The Morgan fingerprint density at radius 2 is 1.96 bits per heavy atom. The minimum atomic E-state index is -3.97. The number of rotatable bonds is 5. The Kier molecular flexibility index (Phi) is 4.81. The number of nitro benzene ring substituents is 1. The molecule has 7 nitrogen and oxygen atoms in total. The highest BCUT2D eigenvalue weighted by atomic mass is 32.2. The lowest BCUT2D eigenvalue weighted by atomic mass is 10.2. The van der Waals surface area contributed by atoms with E-state index in [4.69, 9.17) is 0 Å². The van der Waals surface area contributed by atoms with Crippen LogP contribution in [0, 0.1) is 24.0 Å². The topological polar surface area (TPSA) is 102 Å². The molecule has 0 aliphatic rings. The summed E-state index contributed by atoms with van der Waals surface area (Å²) in [6.45, 7) is 5.17. The van der Waals surface area contributed by atoms with E-state index in [0.29, 0.717) is 11.3 Å². The zero-order valence-corrected chi connectivity index (χ0v) is 14.4. The number of nitro groups is 1. The normalized spacial score (nSPS) is 12.2. The summed E-state index contributed by atoms with van der Waals surface area (Å²) < 4.78 is 24.4. The van der Waals surface area contributed by atoms with Gasteiger partial charge in [0.1, 0.15) is 0 Å². The van der Waals surface area contributed by atoms with E-state index in [0.717, 1.165) is 15.8 Å². The lowest BCUT2D eigenvalue weighted by molar-refractivity contribution is -0.385. The molecule has 23 heavy (non-hydrogen) atoms. The second kappa shape index (κ2) is 6.47. The number of benzene rings is 1. The summed E-state index contributed by atoms with van der Waals surface area (Å²) in [6, 6.07) is 7.50. The quantitative estimate of drug-likeness (QED) is 0.507. The highest BCUT2D eigenvalue weighted by Gasteiger charge is 2.19. The smallest absolute Gasteiger partial charge is 0.258 e. The van der Waals surface area contributed by atoms with E-state index in [1.807, 2.05) is 19.1 Å². The molecule has 0 fully saturated rings. The molecule has 1 heterocycles. The zero-order valence-electron chi connectivity index (χ0n) is 12.7. The van der Waals surface area contributed by atoms with Gasteiger partial charge in [-0.1, -0.05) is 6.07 Å². The lowest BCUT2D eigenvalue weighted by Crippen LogP contribution is -2.20. The Hall–Kier alpha value is -2.26. The third-order valence-corrected chi connectivity index (χ3v) is 5.43. The van der Waals surface area contributed by atoms with Gasteiger partial charge >= 0.3 is 0 Å². The molecule has 0 atom stereocenters. The van der Waals surface area contributed by atoms with Crippen molar-refractivity contribution in [2.45, 2.75) is 25.7 Å². The first kappa shape index (κ1) is 17.1. The van der Waals surface area contributed by atoms with Crippen molar-refractivity contribution in [3.8, 4) is 0 Å². The molecule has 0 bridgehead atoms. The van der Waals surface area contributed by atoms with Gasteiger partial charge in [-0.25, -0.2) is 0 Å². The van der Waals surface area contributed by atoms with Crippen LogP contribution in [0.4, 0.5) is 5.69 Å². The number of nitrogens with zero attached hydrogens (tertiary/aromatic N) is 2. The summed E-state index contributed by atoms with van der Waals surface area (Å²) in [6.07, 6.45) is 0. The van der Waals surface area contributed by atoms with E-state index in [1.54, 1.807) is 13.8 Å². The summed E-state index contributed by atoms with van der Waals surface area (Å²) in [7, 11) is -3.97. The summed E-state index contributed by atoms with van der Waals surface area (Å²) >= 11 is 1.50. The molecule has 1 N–H and O–H groups in total. The zero-order chi connectivity index (χ0) is 17.2. The first-order chi connectivity index (χ1) is 10.7. The van der Waals surface area contributed by atoms with Crippen LogP contribution >= 0.6 is 11.3 Å². The van der Waals surface area contributed by atoms with Crippen molar-refractivity contribution >= 4 is 32.8 Å². The van der Waals surface area contributed by atoms with Crippen LogP contribution in [0.3, 0.4) is 0 Å². The molecule has 0 unspecified atom stereocenters. The van der Waals surface area contributed by atoms with Crippen LogP contribution in [0.25, 0.3) is 0 Å². The Balaban J connectivity index is 2.29. The second-order valence-electron chi connectivity index (χ2n) is 4.91. The fraction of sp³-hybridized carbons (Fsp3) is 0.214. The Bertz CT molecular complexity index is 885. The number of hydrazone groups is 1. The van der Waals surface area contributed by atoms with Crippen LogP contribution in [0.5, 0.6) is 0 Å². The molecule has 0 aliphatic heterocycles. The summed E-state index contributed by atoms with van der Waals surface area (Å²) in [5.74, 6) is 0. The second-order valence-corrected chi connectivity index (χ2v) is 7.86. The van der Waals surface area contributed by atoms with E-state index >= 15 is 0 Å². The Labute approximate surface area is 137 Å². The number of nitrogens with one attached hydrogen (secondary N) is 1. The molecule has 0 spiro atoms. The van der Waals surface area contributed by atoms with Gasteiger partial charge in [-0.15, -0.1) is 11.3 Å². The third kappa shape index (κ3) is 3.93. The fourth-order valence-corrected chi connectivity index (χ4v) is 3.51. The van der Waals surface area contributed by atoms with Crippen molar-refractivity contribution in [2.75, 3.05) is 0 Å². The predicted octanol–water partition coefficient (Wildman–Crippen LogP) is 2.98. The average molecular weight is 353 g/mol. The molecule has 0 aliphatic carbocycles. The van der Waals surface area contributed by atoms with Gasteiger partial charge in [-0.05, 0) is 39.0 Å². The molecule has 122 valence electrons. The molecule has 0 radical (unpaired) electrons. The van der Waals surface area contributed by atoms with E-state index in [2.05, 4.69) is 9.93 Å². The maximum absolute atomic E-state index is 12.2. The molecule has 2 rings (SSSR count).